The Labute approximate surface area is 125 Å². The van der Waals surface area contributed by atoms with E-state index in [0.29, 0.717) is 25.8 Å². The summed E-state index contributed by atoms with van der Waals surface area (Å²) in [5.41, 5.74) is 0.866. The summed E-state index contributed by atoms with van der Waals surface area (Å²) < 4.78 is 16.7. The lowest BCUT2D eigenvalue weighted by molar-refractivity contribution is 0.0948. The van der Waals surface area contributed by atoms with Crippen molar-refractivity contribution in [2.45, 2.75) is 25.0 Å². The summed E-state index contributed by atoms with van der Waals surface area (Å²) >= 11 is 0. The largest absolute Gasteiger partial charge is 0.490 e. The lowest BCUT2D eigenvalue weighted by atomic mass is 10.1. The number of ether oxygens (including phenoxy) is 3. The molecule has 1 N–H and O–H groups in total. The molecule has 1 aromatic rings. The number of aliphatic hydroxyl groups excluding tert-OH is 1. The fourth-order valence-electron chi connectivity index (χ4n) is 2.78. The van der Waals surface area contributed by atoms with Gasteiger partial charge in [-0.1, -0.05) is 6.07 Å². The van der Waals surface area contributed by atoms with Crippen LogP contribution in [0.5, 0.6) is 11.5 Å². The average molecular weight is 293 g/mol. The molecule has 3 rings (SSSR count). The Hall–Kier alpha value is -1.30. The van der Waals surface area contributed by atoms with Gasteiger partial charge in [0.1, 0.15) is 0 Å². The van der Waals surface area contributed by atoms with Gasteiger partial charge in [0.15, 0.2) is 11.5 Å². The van der Waals surface area contributed by atoms with Crippen LogP contribution in [0.4, 0.5) is 0 Å². The second-order valence-electron chi connectivity index (χ2n) is 5.73. The van der Waals surface area contributed by atoms with Crippen molar-refractivity contribution >= 4 is 0 Å². The molecule has 0 radical (unpaired) electrons. The van der Waals surface area contributed by atoms with E-state index in [1.54, 1.807) is 0 Å². The smallest absolute Gasteiger partial charge is 0.161 e. The molecule has 2 atom stereocenters. The lowest BCUT2D eigenvalue weighted by Crippen LogP contribution is -2.35. The van der Waals surface area contributed by atoms with Gasteiger partial charge in [0.05, 0.1) is 25.9 Å². The molecule has 0 aromatic heterocycles. The molecule has 0 saturated carbocycles. The number of hydrogen-bond acceptors (Lipinski definition) is 5. The van der Waals surface area contributed by atoms with Crippen LogP contribution in [0.3, 0.4) is 0 Å². The minimum Gasteiger partial charge on any atom is -0.490 e. The highest BCUT2D eigenvalue weighted by atomic mass is 16.5. The van der Waals surface area contributed by atoms with Crippen molar-refractivity contribution in [2.24, 2.45) is 0 Å². The number of hydrogen-bond donors (Lipinski definition) is 1. The molecule has 5 nitrogen and oxygen atoms in total. The Balaban J connectivity index is 1.66. The maximum atomic E-state index is 10.4. The third-order valence-electron chi connectivity index (χ3n) is 4.15. The van der Waals surface area contributed by atoms with E-state index in [1.165, 1.54) is 0 Å². The highest BCUT2D eigenvalue weighted by molar-refractivity contribution is 5.44. The van der Waals surface area contributed by atoms with Gasteiger partial charge in [0, 0.05) is 25.6 Å². The second kappa shape index (κ2) is 6.64. The average Bonchev–Trinajstić information content (AvgIpc) is 2.92. The highest BCUT2D eigenvalue weighted by Gasteiger charge is 2.23. The van der Waals surface area contributed by atoms with E-state index in [2.05, 4.69) is 4.90 Å². The molecule has 116 valence electrons. The van der Waals surface area contributed by atoms with Crippen LogP contribution in [0.25, 0.3) is 0 Å². The van der Waals surface area contributed by atoms with Crippen molar-refractivity contribution in [3.8, 4) is 11.5 Å². The SMILES string of the molecule is CN(CC(O)c1ccc2c(c1)OCCCO2)C1CCOC1. The van der Waals surface area contributed by atoms with E-state index in [0.717, 1.165) is 43.1 Å². The summed E-state index contributed by atoms with van der Waals surface area (Å²) in [5.74, 6) is 1.50. The predicted octanol–water partition coefficient (Wildman–Crippen LogP) is 1.60. The summed E-state index contributed by atoms with van der Waals surface area (Å²) in [6.07, 6.45) is 1.38. The Morgan fingerprint density at radius 2 is 2.05 bits per heavy atom. The minimum atomic E-state index is -0.534. The van der Waals surface area contributed by atoms with E-state index < -0.39 is 6.10 Å². The quantitative estimate of drug-likeness (QED) is 0.914. The lowest BCUT2D eigenvalue weighted by Gasteiger charge is -2.25. The predicted molar refractivity (Wildman–Crippen MR) is 78.9 cm³/mol. The van der Waals surface area contributed by atoms with Crippen LogP contribution in [-0.2, 0) is 4.74 Å². The Kier molecular flexibility index (Phi) is 4.63. The molecule has 0 aliphatic carbocycles. The molecule has 1 aromatic carbocycles. The normalized spacial score (nSPS) is 23.1. The molecular formula is C16H23NO4. The van der Waals surface area contributed by atoms with E-state index >= 15 is 0 Å². The van der Waals surface area contributed by atoms with Crippen LogP contribution in [0.1, 0.15) is 24.5 Å². The van der Waals surface area contributed by atoms with Crippen molar-refractivity contribution in [1.82, 2.24) is 4.90 Å². The third kappa shape index (κ3) is 3.48. The van der Waals surface area contributed by atoms with Gasteiger partial charge >= 0.3 is 0 Å². The van der Waals surface area contributed by atoms with E-state index in [4.69, 9.17) is 14.2 Å². The zero-order chi connectivity index (χ0) is 14.7. The maximum Gasteiger partial charge on any atom is 0.161 e. The van der Waals surface area contributed by atoms with Crippen molar-refractivity contribution in [3.63, 3.8) is 0 Å². The fourth-order valence-corrected chi connectivity index (χ4v) is 2.78. The summed E-state index contributed by atoms with van der Waals surface area (Å²) in [4.78, 5) is 2.17. The van der Waals surface area contributed by atoms with Crippen LogP contribution < -0.4 is 9.47 Å². The van der Waals surface area contributed by atoms with Crippen molar-refractivity contribution < 1.29 is 19.3 Å². The molecular weight excluding hydrogens is 270 g/mol. The van der Waals surface area contributed by atoms with Gasteiger partial charge in [-0.15, -0.1) is 0 Å². The number of fused-ring (bicyclic) bond motifs is 1. The first-order chi connectivity index (χ1) is 10.2. The van der Waals surface area contributed by atoms with Crippen molar-refractivity contribution in [1.29, 1.82) is 0 Å². The first-order valence-electron chi connectivity index (χ1n) is 7.59. The third-order valence-corrected chi connectivity index (χ3v) is 4.15. The number of aliphatic hydroxyl groups is 1. The molecule has 1 fully saturated rings. The van der Waals surface area contributed by atoms with Crippen molar-refractivity contribution in [2.75, 3.05) is 40.0 Å². The van der Waals surface area contributed by atoms with Crippen molar-refractivity contribution in [3.05, 3.63) is 23.8 Å². The number of nitrogens with zero attached hydrogens (tertiary/aromatic N) is 1. The van der Waals surface area contributed by atoms with E-state index in [9.17, 15) is 5.11 Å². The molecule has 2 aliphatic heterocycles. The van der Waals surface area contributed by atoms with Gasteiger partial charge in [0.25, 0.3) is 0 Å². The van der Waals surface area contributed by atoms with Gasteiger partial charge in [-0.3, -0.25) is 4.90 Å². The molecule has 0 spiro atoms. The van der Waals surface area contributed by atoms with E-state index in [1.807, 2.05) is 25.2 Å². The summed E-state index contributed by atoms with van der Waals surface area (Å²) in [5, 5.41) is 10.4. The number of rotatable bonds is 4. The van der Waals surface area contributed by atoms with Gasteiger partial charge in [-0.25, -0.2) is 0 Å². The van der Waals surface area contributed by atoms with E-state index in [-0.39, 0.29) is 0 Å². The summed E-state index contributed by atoms with van der Waals surface area (Å²) in [7, 11) is 2.03. The second-order valence-corrected chi connectivity index (χ2v) is 5.73. The molecule has 2 heterocycles. The number of benzene rings is 1. The molecule has 1 saturated heterocycles. The molecule has 0 bridgehead atoms. The van der Waals surface area contributed by atoms with Crippen LogP contribution in [0.2, 0.25) is 0 Å². The zero-order valence-electron chi connectivity index (χ0n) is 12.5. The fraction of sp³-hybridized carbons (Fsp3) is 0.625. The first-order valence-corrected chi connectivity index (χ1v) is 7.59. The van der Waals surface area contributed by atoms with Gasteiger partial charge < -0.3 is 19.3 Å². The van der Waals surface area contributed by atoms with Crippen LogP contribution in [0, 0.1) is 0 Å². The zero-order valence-corrected chi connectivity index (χ0v) is 12.5. The molecule has 5 heteroatoms. The molecule has 2 aliphatic rings. The maximum absolute atomic E-state index is 10.4. The highest BCUT2D eigenvalue weighted by Crippen LogP contribution is 2.32. The molecule has 2 unspecified atom stereocenters. The Bertz CT molecular complexity index is 473. The molecule has 21 heavy (non-hydrogen) atoms. The molecule has 0 amide bonds. The van der Waals surface area contributed by atoms with Gasteiger partial charge in [0.2, 0.25) is 0 Å². The Morgan fingerprint density at radius 1 is 1.24 bits per heavy atom. The van der Waals surface area contributed by atoms with Crippen LogP contribution in [0.15, 0.2) is 18.2 Å². The minimum absolute atomic E-state index is 0.403. The number of likely N-dealkylation sites (N-methyl/N-ethyl adjacent to an activating group) is 1. The summed E-state index contributed by atoms with van der Waals surface area (Å²) in [6, 6.07) is 6.10. The monoisotopic (exact) mass is 293 g/mol. The first kappa shape index (κ1) is 14.6. The van der Waals surface area contributed by atoms with Gasteiger partial charge in [-0.2, -0.15) is 0 Å². The Morgan fingerprint density at radius 3 is 2.81 bits per heavy atom. The topological polar surface area (TPSA) is 51.2 Å². The standard InChI is InChI=1S/C16H23NO4/c1-17(13-5-8-19-11-13)10-14(18)12-3-4-15-16(9-12)21-7-2-6-20-15/h3-4,9,13-14,18H,2,5-8,10-11H2,1H3. The van der Waals surface area contributed by atoms with Gasteiger partial charge in [-0.05, 0) is 31.2 Å². The van der Waals surface area contributed by atoms with Crippen LogP contribution in [-0.4, -0.2) is 56.1 Å². The van der Waals surface area contributed by atoms with Crippen LogP contribution >= 0.6 is 0 Å². The summed E-state index contributed by atoms with van der Waals surface area (Å²) in [6.45, 7) is 3.50.